The van der Waals surface area contributed by atoms with Gasteiger partial charge < -0.3 is 10.6 Å². The van der Waals surface area contributed by atoms with Crippen LogP contribution in [0.5, 0.6) is 0 Å². The van der Waals surface area contributed by atoms with Crippen LogP contribution >= 0.6 is 11.3 Å². The highest BCUT2D eigenvalue weighted by Crippen LogP contribution is 2.37. The van der Waals surface area contributed by atoms with E-state index in [1.807, 2.05) is 43.4 Å². The lowest BCUT2D eigenvalue weighted by Crippen LogP contribution is -2.06. The molecule has 0 saturated heterocycles. The van der Waals surface area contributed by atoms with E-state index in [0.29, 0.717) is 12.5 Å². The number of pyridine rings is 1. The molecule has 0 aliphatic carbocycles. The number of rotatable bonds is 5. The predicted octanol–water partition coefficient (Wildman–Crippen LogP) is 4.41. The Balaban J connectivity index is 1.79. The van der Waals surface area contributed by atoms with Gasteiger partial charge in [-0.3, -0.25) is 4.98 Å². The van der Waals surface area contributed by atoms with Crippen LogP contribution < -0.4 is 10.6 Å². The topological polar surface area (TPSA) is 62.7 Å². The maximum absolute atomic E-state index is 4.64. The largest absolute Gasteiger partial charge is 0.364 e. The molecule has 0 amide bonds. The molecule has 5 nitrogen and oxygen atoms in total. The molecule has 4 rings (SSSR count). The molecule has 3 heterocycles. The molecule has 4 aromatic rings. The highest BCUT2D eigenvalue weighted by atomic mass is 32.1. The van der Waals surface area contributed by atoms with Crippen molar-refractivity contribution in [1.82, 2.24) is 15.0 Å². The van der Waals surface area contributed by atoms with Crippen LogP contribution in [0.15, 0.2) is 60.1 Å². The van der Waals surface area contributed by atoms with E-state index in [2.05, 4.69) is 43.1 Å². The molecule has 0 saturated carbocycles. The maximum Gasteiger partial charge on any atom is 0.225 e. The lowest BCUT2D eigenvalue weighted by molar-refractivity contribution is 1.03. The third-order valence-corrected chi connectivity index (χ3v) is 4.78. The molecule has 1 aromatic carbocycles. The van der Waals surface area contributed by atoms with Crippen molar-refractivity contribution in [3.05, 3.63) is 65.8 Å². The predicted molar refractivity (Wildman–Crippen MR) is 104 cm³/mol. The van der Waals surface area contributed by atoms with Crippen LogP contribution in [0.4, 0.5) is 11.8 Å². The summed E-state index contributed by atoms with van der Waals surface area (Å²) in [6.45, 7) is 0.611. The van der Waals surface area contributed by atoms with Gasteiger partial charge >= 0.3 is 0 Å². The van der Waals surface area contributed by atoms with Gasteiger partial charge in [-0.2, -0.15) is 4.98 Å². The molecule has 0 aliphatic heterocycles. The van der Waals surface area contributed by atoms with Crippen LogP contribution in [0, 0.1) is 0 Å². The maximum atomic E-state index is 4.64. The fraction of sp³-hybridized carbons (Fsp3) is 0.105. The van der Waals surface area contributed by atoms with Crippen molar-refractivity contribution in [3.8, 4) is 11.1 Å². The molecule has 3 aromatic heterocycles. The van der Waals surface area contributed by atoms with Crippen molar-refractivity contribution in [2.24, 2.45) is 0 Å². The molecule has 0 fully saturated rings. The van der Waals surface area contributed by atoms with Gasteiger partial charge in [0.25, 0.3) is 0 Å². The van der Waals surface area contributed by atoms with E-state index in [1.165, 1.54) is 0 Å². The second-order valence-electron chi connectivity index (χ2n) is 5.52. The van der Waals surface area contributed by atoms with Gasteiger partial charge in [-0.15, -0.1) is 11.3 Å². The number of hydrogen-bond acceptors (Lipinski definition) is 6. The first-order valence-electron chi connectivity index (χ1n) is 8.01. The van der Waals surface area contributed by atoms with E-state index >= 15 is 0 Å². The van der Waals surface area contributed by atoms with Crippen LogP contribution in [0.3, 0.4) is 0 Å². The number of anilines is 2. The first kappa shape index (κ1) is 15.5. The van der Waals surface area contributed by atoms with Crippen molar-refractivity contribution in [1.29, 1.82) is 0 Å². The van der Waals surface area contributed by atoms with Crippen LogP contribution in [-0.4, -0.2) is 22.0 Å². The Kier molecular flexibility index (Phi) is 4.26. The van der Waals surface area contributed by atoms with Gasteiger partial charge in [0.05, 0.1) is 17.6 Å². The summed E-state index contributed by atoms with van der Waals surface area (Å²) in [5, 5.41) is 9.65. The van der Waals surface area contributed by atoms with Crippen molar-refractivity contribution in [3.63, 3.8) is 0 Å². The molecule has 6 heteroatoms. The van der Waals surface area contributed by atoms with Crippen LogP contribution in [0.2, 0.25) is 0 Å². The fourth-order valence-corrected chi connectivity index (χ4v) is 3.64. The number of nitrogens with zero attached hydrogens (tertiary/aromatic N) is 3. The number of fused-ring (bicyclic) bond motifs is 1. The average Bonchev–Trinajstić information content (AvgIpc) is 3.11. The Labute approximate surface area is 149 Å². The molecule has 0 unspecified atom stereocenters. The van der Waals surface area contributed by atoms with Crippen LogP contribution in [0.25, 0.3) is 21.3 Å². The molecule has 0 spiro atoms. The van der Waals surface area contributed by atoms with Crippen LogP contribution in [0.1, 0.15) is 5.69 Å². The van der Waals surface area contributed by atoms with Gasteiger partial charge in [0.1, 0.15) is 10.6 Å². The van der Waals surface area contributed by atoms with Gasteiger partial charge in [0.2, 0.25) is 5.95 Å². The number of hydrogen-bond donors (Lipinski definition) is 2. The molecule has 2 N–H and O–H groups in total. The van der Waals surface area contributed by atoms with Gasteiger partial charge in [0.15, 0.2) is 0 Å². The Bertz CT molecular complexity index is 983. The SMILES string of the molecule is CNc1nc(NCc2ccccn2)c2c(-c3ccccc3)csc2n1. The number of thiophene rings is 1. The summed E-state index contributed by atoms with van der Waals surface area (Å²) in [5.74, 6) is 1.43. The molecule has 25 heavy (non-hydrogen) atoms. The molecule has 0 bridgehead atoms. The zero-order valence-corrected chi connectivity index (χ0v) is 14.5. The highest BCUT2D eigenvalue weighted by Gasteiger charge is 2.15. The molecule has 0 radical (unpaired) electrons. The smallest absolute Gasteiger partial charge is 0.225 e. The van der Waals surface area contributed by atoms with E-state index in [-0.39, 0.29) is 0 Å². The summed E-state index contributed by atoms with van der Waals surface area (Å²) < 4.78 is 0. The van der Waals surface area contributed by atoms with E-state index in [4.69, 9.17) is 0 Å². The molecular weight excluding hydrogens is 330 g/mol. The quantitative estimate of drug-likeness (QED) is 0.560. The van der Waals surface area contributed by atoms with E-state index in [9.17, 15) is 0 Å². The first-order chi connectivity index (χ1) is 12.3. The fourth-order valence-electron chi connectivity index (χ4n) is 2.69. The number of benzene rings is 1. The third kappa shape index (κ3) is 3.16. The van der Waals surface area contributed by atoms with Gasteiger partial charge in [0, 0.05) is 24.2 Å². The summed E-state index contributed by atoms with van der Waals surface area (Å²) in [7, 11) is 1.83. The summed E-state index contributed by atoms with van der Waals surface area (Å²) >= 11 is 1.63. The lowest BCUT2D eigenvalue weighted by atomic mass is 10.1. The van der Waals surface area contributed by atoms with Gasteiger partial charge in [-0.05, 0) is 17.7 Å². The zero-order valence-electron chi connectivity index (χ0n) is 13.7. The highest BCUT2D eigenvalue weighted by molar-refractivity contribution is 7.17. The standard InChI is InChI=1S/C19H17N5S/c1-20-19-23-17(22-11-14-9-5-6-10-21-14)16-15(12-25-18(16)24-19)13-7-3-2-4-8-13/h2-10,12H,11H2,1H3,(H2,20,22,23,24). The van der Waals surface area contributed by atoms with Crippen molar-refractivity contribution in [2.75, 3.05) is 17.7 Å². The van der Waals surface area contributed by atoms with E-state index < -0.39 is 0 Å². The first-order valence-corrected chi connectivity index (χ1v) is 8.89. The normalized spacial score (nSPS) is 10.8. The monoisotopic (exact) mass is 347 g/mol. The summed E-state index contributed by atoms with van der Waals surface area (Å²) in [6, 6.07) is 16.2. The molecular formula is C19H17N5S. The number of aromatic nitrogens is 3. The van der Waals surface area contributed by atoms with Gasteiger partial charge in [-0.25, -0.2) is 4.98 Å². The minimum absolute atomic E-state index is 0.609. The van der Waals surface area contributed by atoms with Crippen molar-refractivity contribution < 1.29 is 0 Å². The summed E-state index contributed by atoms with van der Waals surface area (Å²) in [4.78, 5) is 14.6. The van der Waals surface area contributed by atoms with E-state index in [0.717, 1.165) is 32.9 Å². The molecule has 124 valence electrons. The van der Waals surface area contributed by atoms with Crippen molar-refractivity contribution >= 4 is 33.3 Å². The lowest BCUT2D eigenvalue weighted by Gasteiger charge is -2.10. The Hall–Kier alpha value is -2.99. The minimum Gasteiger partial charge on any atom is -0.364 e. The minimum atomic E-state index is 0.609. The Morgan fingerprint density at radius 2 is 1.84 bits per heavy atom. The van der Waals surface area contributed by atoms with E-state index in [1.54, 1.807) is 17.5 Å². The number of nitrogens with one attached hydrogen (secondary N) is 2. The summed E-state index contributed by atoms with van der Waals surface area (Å²) in [5.41, 5.74) is 3.28. The van der Waals surface area contributed by atoms with Gasteiger partial charge in [-0.1, -0.05) is 36.4 Å². The molecule has 0 atom stereocenters. The Morgan fingerprint density at radius 3 is 2.60 bits per heavy atom. The second-order valence-corrected chi connectivity index (χ2v) is 6.37. The average molecular weight is 347 g/mol. The second kappa shape index (κ2) is 6.86. The molecule has 0 aliphatic rings. The van der Waals surface area contributed by atoms with Crippen molar-refractivity contribution in [2.45, 2.75) is 6.54 Å². The summed E-state index contributed by atoms with van der Waals surface area (Å²) in [6.07, 6.45) is 1.80. The zero-order chi connectivity index (χ0) is 17.1. The third-order valence-electron chi connectivity index (χ3n) is 3.91. The van der Waals surface area contributed by atoms with Crippen LogP contribution in [-0.2, 0) is 6.54 Å². The Morgan fingerprint density at radius 1 is 1.00 bits per heavy atom.